The molecule has 90 valence electrons. The zero-order chi connectivity index (χ0) is 11.3. The zero-order valence-corrected chi connectivity index (χ0v) is 11.2. The van der Waals surface area contributed by atoms with Crippen molar-refractivity contribution in [1.82, 2.24) is 9.62 Å². The maximum absolute atomic E-state index is 11.2. The summed E-state index contributed by atoms with van der Waals surface area (Å²) in [6.07, 6.45) is -0.0347. The van der Waals surface area contributed by atoms with Crippen molar-refractivity contribution in [3.63, 3.8) is 0 Å². The molecule has 0 saturated carbocycles. The summed E-state index contributed by atoms with van der Waals surface area (Å²) in [5.41, 5.74) is 0. The van der Waals surface area contributed by atoms with E-state index in [2.05, 4.69) is 32.5 Å². The highest BCUT2D eigenvalue weighted by atomic mass is 79.9. The Kier molecular flexibility index (Phi) is 5.48. The van der Waals surface area contributed by atoms with Crippen LogP contribution in [0.1, 0.15) is 6.92 Å². The lowest BCUT2D eigenvalue weighted by molar-refractivity contribution is -0.0229. The molecule has 1 atom stereocenters. The van der Waals surface area contributed by atoms with Crippen LogP contribution in [-0.2, 0) is 14.8 Å². The number of nitrogens with zero attached hydrogens (tertiary/aromatic N) is 1. The number of likely N-dealkylation sites (N-methyl/N-ethyl adjacent to an activating group) is 1. The minimum Gasteiger partial charge on any atom is -0.374 e. The number of hydrogen-bond donors (Lipinski definition) is 1. The summed E-state index contributed by atoms with van der Waals surface area (Å²) in [7, 11) is -3.17. The van der Waals surface area contributed by atoms with Gasteiger partial charge in [-0.25, -0.2) is 13.1 Å². The molecule has 5 nitrogen and oxygen atoms in total. The Hall–Kier alpha value is 0.310. The molecule has 0 aromatic rings. The van der Waals surface area contributed by atoms with E-state index in [4.69, 9.17) is 4.74 Å². The second-order valence-electron chi connectivity index (χ2n) is 3.46. The summed E-state index contributed by atoms with van der Waals surface area (Å²) in [6.45, 7) is 5.81. The van der Waals surface area contributed by atoms with Crippen molar-refractivity contribution in [2.45, 2.75) is 13.0 Å². The monoisotopic (exact) mass is 300 g/mol. The number of hydrogen-bond acceptors (Lipinski definition) is 4. The van der Waals surface area contributed by atoms with E-state index in [0.717, 1.165) is 19.6 Å². The van der Waals surface area contributed by atoms with Gasteiger partial charge in [-0.05, 0) is 6.54 Å². The summed E-state index contributed by atoms with van der Waals surface area (Å²) < 4.78 is 30.2. The fourth-order valence-corrected chi connectivity index (χ4v) is 2.45. The van der Waals surface area contributed by atoms with E-state index in [9.17, 15) is 8.42 Å². The molecule has 0 amide bonds. The lowest BCUT2D eigenvalue weighted by Crippen LogP contribution is -2.47. The smallest absolute Gasteiger partial charge is 0.221 e. The molecule has 1 rings (SSSR count). The Morgan fingerprint density at radius 1 is 1.60 bits per heavy atom. The van der Waals surface area contributed by atoms with Crippen LogP contribution in [0.5, 0.6) is 0 Å². The van der Waals surface area contributed by atoms with E-state index in [1.165, 1.54) is 0 Å². The number of rotatable bonds is 5. The SMILES string of the molecule is CCN1CCOC(CNS(=O)(=O)CBr)C1. The first-order valence-electron chi connectivity index (χ1n) is 4.94. The molecule has 0 spiro atoms. The first-order chi connectivity index (χ1) is 7.07. The first-order valence-corrected chi connectivity index (χ1v) is 7.72. The third-order valence-electron chi connectivity index (χ3n) is 2.34. The average molecular weight is 301 g/mol. The van der Waals surface area contributed by atoms with Crippen LogP contribution in [0.25, 0.3) is 0 Å². The quantitative estimate of drug-likeness (QED) is 0.725. The van der Waals surface area contributed by atoms with Crippen LogP contribution in [0.3, 0.4) is 0 Å². The van der Waals surface area contributed by atoms with Crippen LogP contribution in [-0.4, -0.2) is 56.9 Å². The lowest BCUT2D eigenvalue weighted by Gasteiger charge is -2.31. The summed E-state index contributed by atoms with van der Waals surface area (Å²) in [6, 6.07) is 0. The van der Waals surface area contributed by atoms with Gasteiger partial charge >= 0.3 is 0 Å². The molecule has 15 heavy (non-hydrogen) atoms. The normalized spacial score (nSPS) is 24.3. The van der Waals surface area contributed by atoms with Crippen LogP contribution in [0, 0.1) is 0 Å². The Balaban J connectivity index is 2.33. The highest BCUT2D eigenvalue weighted by Crippen LogP contribution is 2.04. The number of alkyl halides is 1. The summed E-state index contributed by atoms with van der Waals surface area (Å²) in [5, 5.41) is 0. The van der Waals surface area contributed by atoms with Crippen molar-refractivity contribution < 1.29 is 13.2 Å². The predicted molar refractivity (Wildman–Crippen MR) is 62.6 cm³/mol. The molecule has 7 heteroatoms. The Morgan fingerprint density at radius 2 is 2.33 bits per heavy atom. The standard InChI is InChI=1S/C8H17BrN2O3S/c1-2-11-3-4-14-8(6-11)5-10-15(12,13)7-9/h8,10H,2-7H2,1H3. The summed E-state index contributed by atoms with van der Waals surface area (Å²) in [4.78, 5) is 2.25. The molecule has 1 aliphatic rings. The predicted octanol–water partition coefficient (Wildman–Crippen LogP) is -0.0211. The van der Waals surface area contributed by atoms with E-state index in [1.54, 1.807) is 0 Å². The van der Waals surface area contributed by atoms with Crippen molar-refractivity contribution in [3.05, 3.63) is 0 Å². The van der Waals surface area contributed by atoms with Gasteiger partial charge in [0, 0.05) is 19.6 Å². The summed E-state index contributed by atoms with van der Waals surface area (Å²) in [5.74, 6) is 0. The molecule has 0 bridgehead atoms. The van der Waals surface area contributed by atoms with Gasteiger partial charge in [0.05, 0.1) is 12.7 Å². The van der Waals surface area contributed by atoms with E-state index in [1.807, 2.05) is 0 Å². The number of morpholine rings is 1. The van der Waals surface area contributed by atoms with Crippen LogP contribution in [0.2, 0.25) is 0 Å². The lowest BCUT2D eigenvalue weighted by atomic mass is 10.3. The minimum atomic E-state index is -3.17. The van der Waals surface area contributed by atoms with Gasteiger partial charge in [-0.1, -0.05) is 22.9 Å². The topological polar surface area (TPSA) is 58.6 Å². The van der Waals surface area contributed by atoms with Crippen molar-refractivity contribution in [2.24, 2.45) is 0 Å². The molecule has 1 aliphatic heterocycles. The molecule has 0 aromatic carbocycles. The highest BCUT2D eigenvalue weighted by Gasteiger charge is 2.20. The van der Waals surface area contributed by atoms with Gasteiger partial charge in [0.25, 0.3) is 0 Å². The van der Waals surface area contributed by atoms with Gasteiger partial charge in [0.15, 0.2) is 0 Å². The van der Waals surface area contributed by atoms with Crippen LogP contribution >= 0.6 is 15.9 Å². The van der Waals surface area contributed by atoms with Gasteiger partial charge in [0.1, 0.15) is 4.66 Å². The second-order valence-corrected chi connectivity index (χ2v) is 6.57. The molecule has 1 saturated heterocycles. The van der Waals surface area contributed by atoms with Crippen molar-refractivity contribution >= 4 is 26.0 Å². The number of halogens is 1. The largest absolute Gasteiger partial charge is 0.374 e. The molecule has 0 aliphatic carbocycles. The van der Waals surface area contributed by atoms with E-state index in [-0.39, 0.29) is 10.8 Å². The number of ether oxygens (including phenoxy) is 1. The van der Waals surface area contributed by atoms with Crippen molar-refractivity contribution in [3.8, 4) is 0 Å². The molecule has 1 N–H and O–H groups in total. The van der Waals surface area contributed by atoms with E-state index < -0.39 is 10.0 Å². The Labute approximate surface area is 99.3 Å². The minimum absolute atomic E-state index is 0.0347. The molecule has 0 aromatic heterocycles. The highest BCUT2D eigenvalue weighted by molar-refractivity contribution is 9.10. The third-order valence-corrected chi connectivity index (χ3v) is 5.05. The first kappa shape index (κ1) is 13.4. The maximum Gasteiger partial charge on any atom is 0.221 e. The van der Waals surface area contributed by atoms with E-state index >= 15 is 0 Å². The molecule has 1 heterocycles. The zero-order valence-electron chi connectivity index (χ0n) is 8.78. The van der Waals surface area contributed by atoms with Crippen LogP contribution in [0.15, 0.2) is 0 Å². The molecule has 0 radical (unpaired) electrons. The summed E-state index contributed by atoms with van der Waals surface area (Å²) >= 11 is 2.92. The molecular formula is C8H17BrN2O3S. The number of nitrogens with one attached hydrogen (secondary N) is 1. The maximum atomic E-state index is 11.2. The average Bonchev–Trinajstić information content (AvgIpc) is 2.27. The van der Waals surface area contributed by atoms with Gasteiger partial charge < -0.3 is 4.74 Å². The molecule has 1 unspecified atom stereocenters. The fourth-order valence-electron chi connectivity index (χ4n) is 1.45. The Bertz CT molecular complexity index is 284. The van der Waals surface area contributed by atoms with Crippen LogP contribution < -0.4 is 4.72 Å². The fraction of sp³-hybridized carbons (Fsp3) is 1.00. The van der Waals surface area contributed by atoms with Crippen molar-refractivity contribution in [1.29, 1.82) is 0 Å². The molecular weight excluding hydrogens is 284 g/mol. The number of sulfonamides is 1. The second kappa shape index (κ2) is 6.15. The Morgan fingerprint density at radius 3 is 2.93 bits per heavy atom. The van der Waals surface area contributed by atoms with Gasteiger partial charge in [-0.2, -0.15) is 0 Å². The van der Waals surface area contributed by atoms with Gasteiger partial charge in [-0.3, -0.25) is 4.90 Å². The van der Waals surface area contributed by atoms with E-state index in [0.29, 0.717) is 13.2 Å². The molecule has 1 fully saturated rings. The van der Waals surface area contributed by atoms with Crippen molar-refractivity contribution in [2.75, 3.05) is 37.4 Å². The van der Waals surface area contributed by atoms with Gasteiger partial charge in [-0.15, -0.1) is 0 Å². The van der Waals surface area contributed by atoms with Gasteiger partial charge in [0.2, 0.25) is 10.0 Å². The third kappa shape index (κ3) is 4.78. The van der Waals surface area contributed by atoms with Crippen LogP contribution in [0.4, 0.5) is 0 Å².